The predicted octanol–water partition coefficient (Wildman–Crippen LogP) is 12.8. The van der Waals surface area contributed by atoms with Crippen LogP contribution in [0, 0.1) is 0 Å². The highest BCUT2D eigenvalue weighted by Crippen LogP contribution is 2.47. The van der Waals surface area contributed by atoms with Crippen molar-refractivity contribution in [1.29, 1.82) is 0 Å². The van der Waals surface area contributed by atoms with Crippen LogP contribution in [0.15, 0.2) is 176 Å². The molecule has 0 unspecified atom stereocenters. The van der Waals surface area contributed by atoms with E-state index in [4.69, 9.17) is 4.98 Å². The van der Waals surface area contributed by atoms with Crippen LogP contribution < -0.4 is 4.90 Å². The molecular weight excluding hydrogens is 615 g/mol. The molecule has 0 saturated heterocycles. The van der Waals surface area contributed by atoms with Crippen LogP contribution >= 0.6 is 11.3 Å². The minimum Gasteiger partial charge on any atom is -0.310 e. The highest BCUT2D eigenvalue weighted by molar-refractivity contribution is 7.26. The van der Waals surface area contributed by atoms with E-state index < -0.39 is 0 Å². The van der Waals surface area contributed by atoms with Gasteiger partial charge in [-0.2, -0.15) is 0 Å². The smallest absolute Gasteiger partial charge is 0.0916 e. The Hall–Kier alpha value is -6.23. The van der Waals surface area contributed by atoms with Gasteiger partial charge in [0.05, 0.1) is 26.9 Å². The summed E-state index contributed by atoms with van der Waals surface area (Å²) in [6.07, 6.45) is 2.02. The lowest BCUT2D eigenvalue weighted by Crippen LogP contribution is -2.10. The van der Waals surface area contributed by atoms with Crippen molar-refractivity contribution in [3.05, 3.63) is 176 Å². The summed E-state index contributed by atoms with van der Waals surface area (Å²) in [5, 5.41) is 6.03. The summed E-state index contributed by atoms with van der Waals surface area (Å²) in [6, 6.07) is 61.0. The number of rotatable bonds is 5. The molecule has 0 spiro atoms. The highest BCUT2D eigenvalue weighted by Gasteiger charge is 2.22. The van der Waals surface area contributed by atoms with Gasteiger partial charge in [-0.3, -0.25) is 4.98 Å². The largest absolute Gasteiger partial charge is 0.310 e. The molecule has 3 heterocycles. The van der Waals surface area contributed by atoms with Crippen LogP contribution in [0.2, 0.25) is 0 Å². The third kappa shape index (κ3) is 4.46. The van der Waals surface area contributed by atoms with E-state index in [1.54, 1.807) is 0 Å². The molecule has 10 aromatic rings. The Labute approximate surface area is 287 Å². The van der Waals surface area contributed by atoms with Crippen molar-refractivity contribution < 1.29 is 0 Å². The van der Waals surface area contributed by atoms with Crippen molar-refractivity contribution in [3.63, 3.8) is 0 Å². The molecule has 0 aliphatic heterocycles. The molecule has 0 aliphatic carbocycles. The van der Waals surface area contributed by atoms with Crippen molar-refractivity contribution in [2.45, 2.75) is 0 Å². The molecule has 0 fully saturated rings. The molecule has 0 bridgehead atoms. The summed E-state index contributed by atoms with van der Waals surface area (Å²) < 4.78 is 4.82. The van der Waals surface area contributed by atoms with E-state index in [9.17, 15) is 0 Å². The van der Waals surface area contributed by atoms with Crippen LogP contribution in [-0.4, -0.2) is 9.55 Å². The number of fused-ring (bicyclic) bond motifs is 8. The number of hydrogen-bond acceptors (Lipinski definition) is 3. The molecular formula is C45H29N3S. The van der Waals surface area contributed by atoms with Gasteiger partial charge in [-0.15, -0.1) is 11.3 Å². The van der Waals surface area contributed by atoms with Gasteiger partial charge >= 0.3 is 0 Å². The van der Waals surface area contributed by atoms with Crippen molar-refractivity contribution >= 4 is 81.3 Å². The summed E-state index contributed by atoms with van der Waals surface area (Å²) >= 11 is 1.83. The average Bonchev–Trinajstić information content (AvgIpc) is 3.72. The SMILES string of the molecule is c1ccc(-c2ccc(N(c3ccc4c(c3)c3ccccc3n4-c3ccccc3)c3cccc4sc5c6ccccc6cnc5c34)cc2)cc1. The molecule has 0 atom stereocenters. The molecule has 230 valence electrons. The maximum absolute atomic E-state index is 5.09. The normalized spacial score (nSPS) is 11.7. The van der Waals surface area contributed by atoms with Gasteiger partial charge in [-0.1, -0.05) is 109 Å². The summed E-state index contributed by atoms with van der Waals surface area (Å²) in [6.45, 7) is 0. The van der Waals surface area contributed by atoms with Gasteiger partial charge in [0.1, 0.15) is 0 Å². The third-order valence-corrected chi connectivity index (χ3v) is 10.8. The highest BCUT2D eigenvalue weighted by atomic mass is 32.1. The molecule has 0 aliphatic rings. The first-order chi connectivity index (χ1) is 24.3. The number of nitrogens with zero attached hydrogens (tertiary/aromatic N) is 3. The van der Waals surface area contributed by atoms with Gasteiger partial charge in [0.2, 0.25) is 0 Å². The molecule has 0 radical (unpaired) electrons. The second-order valence-corrected chi connectivity index (χ2v) is 13.5. The first-order valence-electron chi connectivity index (χ1n) is 16.5. The minimum absolute atomic E-state index is 1.04. The Morgan fingerprint density at radius 1 is 0.510 bits per heavy atom. The van der Waals surface area contributed by atoms with Crippen LogP contribution in [0.3, 0.4) is 0 Å². The van der Waals surface area contributed by atoms with Gasteiger partial charge in [-0.25, -0.2) is 0 Å². The molecule has 7 aromatic carbocycles. The third-order valence-electron chi connectivity index (χ3n) is 9.61. The van der Waals surface area contributed by atoms with Crippen LogP contribution in [0.25, 0.3) is 69.7 Å². The number of anilines is 3. The predicted molar refractivity (Wildman–Crippen MR) is 209 cm³/mol. The summed E-state index contributed by atoms with van der Waals surface area (Å²) in [4.78, 5) is 7.50. The zero-order chi connectivity index (χ0) is 32.3. The lowest BCUT2D eigenvalue weighted by molar-refractivity contribution is 1.18. The van der Waals surface area contributed by atoms with Crippen LogP contribution in [0.5, 0.6) is 0 Å². The molecule has 3 nitrogen and oxygen atoms in total. The Morgan fingerprint density at radius 3 is 2.02 bits per heavy atom. The summed E-state index contributed by atoms with van der Waals surface area (Å²) in [5.41, 5.74) is 10.3. The van der Waals surface area contributed by atoms with Crippen molar-refractivity contribution in [3.8, 4) is 16.8 Å². The van der Waals surface area contributed by atoms with E-state index in [1.165, 1.54) is 53.1 Å². The lowest BCUT2D eigenvalue weighted by Gasteiger charge is -2.27. The molecule has 49 heavy (non-hydrogen) atoms. The first kappa shape index (κ1) is 27.8. The number of aromatic nitrogens is 2. The molecule has 0 amide bonds. The Kier molecular flexibility index (Phi) is 6.36. The van der Waals surface area contributed by atoms with E-state index >= 15 is 0 Å². The van der Waals surface area contributed by atoms with Crippen molar-refractivity contribution in [2.75, 3.05) is 4.90 Å². The zero-order valence-corrected chi connectivity index (χ0v) is 27.3. The van der Waals surface area contributed by atoms with Gasteiger partial charge in [-0.05, 0) is 71.8 Å². The summed E-state index contributed by atoms with van der Waals surface area (Å²) in [5.74, 6) is 0. The minimum atomic E-state index is 1.04. The van der Waals surface area contributed by atoms with E-state index in [0.29, 0.717) is 0 Å². The van der Waals surface area contributed by atoms with Gasteiger partial charge in [0.25, 0.3) is 0 Å². The monoisotopic (exact) mass is 643 g/mol. The van der Waals surface area contributed by atoms with E-state index in [0.717, 1.165) is 33.7 Å². The van der Waals surface area contributed by atoms with E-state index in [-0.39, 0.29) is 0 Å². The molecule has 10 rings (SSSR count). The summed E-state index contributed by atoms with van der Waals surface area (Å²) in [7, 11) is 0. The van der Waals surface area contributed by atoms with Gasteiger partial charge in [0.15, 0.2) is 0 Å². The lowest BCUT2D eigenvalue weighted by atomic mass is 10.0. The average molecular weight is 644 g/mol. The first-order valence-corrected chi connectivity index (χ1v) is 17.4. The van der Waals surface area contributed by atoms with Crippen molar-refractivity contribution in [2.24, 2.45) is 0 Å². The fourth-order valence-electron chi connectivity index (χ4n) is 7.37. The fraction of sp³-hybridized carbons (Fsp3) is 0. The van der Waals surface area contributed by atoms with Crippen LogP contribution in [-0.2, 0) is 0 Å². The molecule has 0 saturated carbocycles. The quantitative estimate of drug-likeness (QED) is 0.186. The number of thiophene rings is 1. The van der Waals surface area contributed by atoms with Crippen molar-refractivity contribution in [1.82, 2.24) is 9.55 Å². The number of hydrogen-bond donors (Lipinski definition) is 0. The number of para-hydroxylation sites is 2. The van der Waals surface area contributed by atoms with Gasteiger partial charge in [0, 0.05) is 54.9 Å². The van der Waals surface area contributed by atoms with Gasteiger partial charge < -0.3 is 9.47 Å². The second-order valence-electron chi connectivity index (χ2n) is 12.4. The second kappa shape index (κ2) is 11.2. The topological polar surface area (TPSA) is 21.1 Å². The maximum atomic E-state index is 5.09. The molecule has 3 aromatic heterocycles. The van der Waals surface area contributed by atoms with E-state index in [1.807, 2.05) is 17.5 Å². The Bertz CT molecular complexity index is 2820. The Balaban J connectivity index is 1.24. The maximum Gasteiger partial charge on any atom is 0.0916 e. The number of pyridine rings is 1. The molecule has 4 heteroatoms. The Morgan fingerprint density at radius 2 is 1.18 bits per heavy atom. The van der Waals surface area contributed by atoms with Crippen LogP contribution in [0.4, 0.5) is 17.1 Å². The van der Waals surface area contributed by atoms with E-state index in [2.05, 4.69) is 179 Å². The fourth-order valence-corrected chi connectivity index (χ4v) is 8.59. The molecule has 0 N–H and O–H groups in total. The standard InChI is InChI=1S/C45H29N3S/c1-3-12-30(13-4-1)31-22-24-34(25-23-31)47(41-20-11-21-42-43(41)44-45(49-42)36-17-8-7-14-32(36)29-46-44)35-26-27-40-38(28-35)37-18-9-10-19-39(37)48(40)33-15-5-2-6-16-33/h1-29H. The zero-order valence-electron chi connectivity index (χ0n) is 26.5. The van der Waals surface area contributed by atoms with Crippen LogP contribution in [0.1, 0.15) is 0 Å². The number of benzene rings is 7.